The summed E-state index contributed by atoms with van der Waals surface area (Å²) in [6, 6.07) is 10.8. The average molecular weight is 292 g/mol. The van der Waals surface area contributed by atoms with Crippen LogP contribution in [0.4, 0.5) is 4.39 Å². The minimum absolute atomic E-state index is 0.0481. The Labute approximate surface area is 124 Å². The lowest BCUT2D eigenvalue weighted by atomic mass is 9.94. The number of hydrogen-bond donors (Lipinski definition) is 1. The van der Waals surface area contributed by atoms with Crippen molar-refractivity contribution in [1.82, 2.24) is 5.32 Å². The number of nitrogens with one attached hydrogen (secondary N) is 1. The molecule has 2 aromatic rings. The van der Waals surface area contributed by atoms with Crippen LogP contribution in [0, 0.1) is 19.7 Å². The van der Waals surface area contributed by atoms with Crippen LogP contribution in [0.15, 0.2) is 36.4 Å². The summed E-state index contributed by atoms with van der Waals surface area (Å²) in [5, 5.41) is 4.12. The summed E-state index contributed by atoms with van der Waals surface area (Å²) >= 11 is 6.15. The first-order valence-corrected chi connectivity index (χ1v) is 7.15. The molecule has 0 aliphatic heterocycles. The second-order valence-corrected chi connectivity index (χ2v) is 5.49. The molecule has 1 N–H and O–H groups in total. The molecule has 0 spiro atoms. The van der Waals surface area contributed by atoms with Crippen molar-refractivity contribution in [3.63, 3.8) is 0 Å². The van der Waals surface area contributed by atoms with Crippen LogP contribution in [0.25, 0.3) is 0 Å². The summed E-state index contributed by atoms with van der Waals surface area (Å²) in [6.45, 7) is 6.85. The predicted molar refractivity (Wildman–Crippen MR) is 82.8 cm³/mol. The quantitative estimate of drug-likeness (QED) is 0.853. The van der Waals surface area contributed by atoms with Crippen LogP contribution in [-0.2, 0) is 0 Å². The van der Waals surface area contributed by atoms with E-state index in [0.29, 0.717) is 5.02 Å². The molecular weight excluding hydrogens is 273 g/mol. The molecule has 20 heavy (non-hydrogen) atoms. The fourth-order valence-electron chi connectivity index (χ4n) is 2.47. The van der Waals surface area contributed by atoms with Crippen molar-refractivity contribution < 1.29 is 4.39 Å². The Hall–Kier alpha value is -1.38. The summed E-state index contributed by atoms with van der Waals surface area (Å²) in [7, 11) is 0. The molecule has 3 heteroatoms. The third-order valence-electron chi connectivity index (χ3n) is 3.36. The molecule has 2 rings (SSSR count). The fourth-order valence-corrected chi connectivity index (χ4v) is 2.76. The molecule has 0 saturated heterocycles. The molecule has 0 aliphatic rings. The minimum atomic E-state index is -0.216. The van der Waals surface area contributed by atoms with E-state index in [1.807, 2.05) is 39.0 Å². The minimum Gasteiger partial charge on any atom is -0.307 e. The topological polar surface area (TPSA) is 12.0 Å². The maximum absolute atomic E-state index is 13.6. The van der Waals surface area contributed by atoms with Gasteiger partial charge in [0, 0.05) is 5.02 Å². The SMILES string of the molecule is CCNC(c1cc(C)cc(Cl)c1)c1cc(F)ccc1C. The van der Waals surface area contributed by atoms with Gasteiger partial charge < -0.3 is 5.32 Å². The Bertz CT molecular complexity index is 590. The van der Waals surface area contributed by atoms with E-state index in [-0.39, 0.29) is 11.9 Å². The van der Waals surface area contributed by atoms with Crippen LogP contribution in [-0.4, -0.2) is 6.54 Å². The van der Waals surface area contributed by atoms with Crippen LogP contribution in [0.3, 0.4) is 0 Å². The highest BCUT2D eigenvalue weighted by molar-refractivity contribution is 6.30. The Morgan fingerprint density at radius 3 is 2.55 bits per heavy atom. The number of halogens is 2. The van der Waals surface area contributed by atoms with E-state index in [1.165, 1.54) is 6.07 Å². The monoisotopic (exact) mass is 291 g/mol. The summed E-state index contributed by atoms with van der Waals surface area (Å²) < 4.78 is 13.6. The normalized spacial score (nSPS) is 12.4. The van der Waals surface area contributed by atoms with Crippen molar-refractivity contribution >= 4 is 11.6 Å². The largest absolute Gasteiger partial charge is 0.307 e. The van der Waals surface area contributed by atoms with Crippen molar-refractivity contribution in [2.45, 2.75) is 26.8 Å². The van der Waals surface area contributed by atoms with E-state index in [4.69, 9.17) is 11.6 Å². The molecule has 2 aromatic carbocycles. The average Bonchev–Trinajstić information content (AvgIpc) is 2.38. The highest BCUT2D eigenvalue weighted by Crippen LogP contribution is 2.28. The van der Waals surface area contributed by atoms with Gasteiger partial charge in [-0.25, -0.2) is 4.39 Å². The number of hydrogen-bond acceptors (Lipinski definition) is 1. The lowest BCUT2D eigenvalue weighted by Gasteiger charge is -2.22. The molecule has 1 nitrogen and oxygen atoms in total. The first-order valence-electron chi connectivity index (χ1n) is 6.77. The predicted octanol–water partition coefficient (Wildman–Crippen LogP) is 4.79. The van der Waals surface area contributed by atoms with Crippen molar-refractivity contribution in [2.24, 2.45) is 0 Å². The van der Waals surface area contributed by atoms with Gasteiger partial charge in [0.2, 0.25) is 0 Å². The lowest BCUT2D eigenvalue weighted by Crippen LogP contribution is -2.23. The Morgan fingerprint density at radius 2 is 1.90 bits per heavy atom. The van der Waals surface area contributed by atoms with Gasteiger partial charge in [0.1, 0.15) is 5.82 Å². The molecule has 106 valence electrons. The molecular formula is C17H19ClFN. The van der Waals surface area contributed by atoms with Gasteiger partial charge in [0.15, 0.2) is 0 Å². The van der Waals surface area contributed by atoms with Crippen molar-refractivity contribution in [3.05, 3.63) is 69.5 Å². The van der Waals surface area contributed by atoms with Gasteiger partial charge in [-0.1, -0.05) is 30.7 Å². The molecule has 1 atom stereocenters. The number of aryl methyl sites for hydroxylation is 2. The van der Waals surface area contributed by atoms with Crippen LogP contribution < -0.4 is 5.32 Å². The summed E-state index contributed by atoms with van der Waals surface area (Å²) in [4.78, 5) is 0. The third kappa shape index (κ3) is 3.38. The second kappa shape index (κ2) is 6.38. The highest BCUT2D eigenvalue weighted by atomic mass is 35.5. The van der Waals surface area contributed by atoms with E-state index in [0.717, 1.165) is 28.8 Å². The van der Waals surface area contributed by atoms with Gasteiger partial charge in [0.25, 0.3) is 0 Å². The first-order chi connectivity index (χ1) is 9.51. The second-order valence-electron chi connectivity index (χ2n) is 5.05. The lowest BCUT2D eigenvalue weighted by molar-refractivity contribution is 0.600. The Balaban J connectivity index is 2.52. The van der Waals surface area contributed by atoms with Crippen molar-refractivity contribution in [1.29, 1.82) is 0 Å². The van der Waals surface area contributed by atoms with Gasteiger partial charge >= 0.3 is 0 Å². The number of rotatable bonds is 4. The number of benzene rings is 2. The molecule has 0 fully saturated rings. The first kappa shape index (κ1) is 15.0. The zero-order valence-corrected chi connectivity index (χ0v) is 12.8. The van der Waals surface area contributed by atoms with E-state index in [2.05, 4.69) is 11.4 Å². The van der Waals surface area contributed by atoms with E-state index < -0.39 is 0 Å². The van der Waals surface area contributed by atoms with Crippen LogP contribution >= 0.6 is 11.6 Å². The smallest absolute Gasteiger partial charge is 0.123 e. The summed E-state index contributed by atoms with van der Waals surface area (Å²) in [5.74, 6) is -0.216. The highest BCUT2D eigenvalue weighted by Gasteiger charge is 2.16. The van der Waals surface area contributed by atoms with Crippen molar-refractivity contribution in [2.75, 3.05) is 6.54 Å². The Kier molecular flexibility index (Phi) is 4.79. The van der Waals surface area contributed by atoms with Gasteiger partial charge in [-0.2, -0.15) is 0 Å². The van der Waals surface area contributed by atoms with Crippen LogP contribution in [0.5, 0.6) is 0 Å². The molecule has 1 unspecified atom stereocenters. The zero-order valence-electron chi connectivity index (χ0n) is 12.0. The maximum Gasteiger partial charge on any atom is 0.123 e. The fraction of sp³-hybridized carbons (Fsp3) is 0.294. The molecule has 0 aromatic heterocycles. The van der Waals surface area contributed by atoms with E-state index >= 15 is 0 Å². The van der Waals surface area contributed by atoms with E-state index in [1.54, 1.807) is 6.07 Å². The summed E-state index contributed by atoms with van der Waals surface area (Å²) in [6.07, 6.45) is 0. The molecule has 0 aliphatic carbocycles. The Morgan fingerprint density at radius 1 is 1.15 bits per heavy atom. The van der Waals surface area contributed by atoms with Gasteiger partial charge in [-0.3, -0.25) is 0 Å². The van der Waals surface area contributed by atoms with Crippen LogP contribution in [0.1, 0.15) is 35.2 Å². The van der Waals surface area contributed by atoms with Gasteiger partial charge in [-0.15, -0.1) is 0 Å². The molecule has 0 heterocycles. The maximum atomic E-state index is 13.6. The third-order valence-corrected chi connectivity index (χ3v) is 3.58. The van der Waals surface area contributed by atoms with E-state index in [9.17, 15) is 4.39 Å². The van der Waals surface area contributed by atoms with Gasteiger partial charge in [0.05, 0.1) is 6.04 Å². The molecule has 0 bridgehead atoms. The van der Waals surface area contributed by atoms with Gasteiger partial charge in [-0.05, 0) is 66.9 Å². The molecule has 0 saturated carbocycles. The summed E-state index contributed by atoms with van der Waals surface area (Å²) in [5.41, 5.74) is 4.18. The van der Waals surface area contributed by atoms with Crippen molar-refractivity contribution in [3.8, 4) is 0 Å². The molecule has 0 amide bonds. The molecule has 0 radical (unpaired) electrons. The zero-order chi connectivity index (χ0) is 14.7. The standard InChI is InChI=1S/C17H19ClFN/c1-4-20-17(13-7-11(2)8-14(18)9-13)16-10-15(19)6-5-12(16)3/h5-10,17,20H,4H2,1-3H3. The van der Waals surface area contributed by atoms with Crippen LogP contribution in [0.2, 0.25) is 5.02 Å².